The number of hydrogen-bond acceptors (Lipinski definition) is 4. The summed E-state index contributed by atoms with van der Waals surface area (Å²) in [6, 6.07) is 0. The molecule has 0 saturated heterocycles. The van der Waals surface area contributed by atoms with Crippen LogP contribution in [0.2, 0.25) is 0 Å². The smallest absolute Gasteiger partial charge is 0.244 e. The van der Waals surface area contributed by atoms with E-state index in [1.165, 1.54) is 22.7 Å². The van der Waals surface area contributed by atoms with Gasteiger partial charge in [-0.05, 0) is 17.9 Å². The molecule has 0 spiro atoms. The SMILES string of the molecule is C=CCN(C)S(=O)(=O)c1c(C)csc1CN. The lowest BCUT2D eigenvalue weighted by atomic mass is 10.3. The van der Waals surface area contributed by atoms with Crippen LogP contribution in [-0.2, 0) is 16.6 Å². The Bertz CT molecular complexity index is 477. The Hall–Kier alpha value is -0.690. The molecule has 1 rings (SSSR count). The van der Waals surface area contributed by atoms with Crippen LogP contribution in [0.1, 0.15) is 10.4 Å². The molecule has 0 aliphatic carbocycles. The van der Waals surface area contributed by atoms with Gasteiger partial charge >= 0.3 is 0 Å². The molecular weight excluding hydrogens is 244 g/mol. The average Bonchev–Trinajstić information content (AvgIpc) is 2.60. The van der Waals surface area contributed by atoms with E-state index in [0.717, 1.165) is 5.56 Å². The molecule has 1 aromatic heterocycles. The standard InChI is InChI=1S/C10H16N2O2S2/c1-4-5-12(3)16(13,14)10-8(2)7-15-9(10)6-11/h4,7H,1,5-6,11H2,2-3H3. The minimum absolute atomic E-state index is 0.245. The van der Waals surface area contributed by atoms with Crippen LogP contribution in [0, 0.1) is 6.92 Å². The molecule has 0 aromatic carbocycles. The van der Waals surface area contributed by atoms with Gasteiger partial charge < -0.3 is 5.73 Å². The zero-order valence-corrected chi connectivity index (χ0v) is 11.1. The third-order valence-electron chi connectivity index (χ3n) is 2.23. The third-order valence-corrected chi connectivity index (χ3v) is 5.54. The zero-order valence-electron chi connectivity index (χ0n) is 9.43. The van der Waals surface area contributed by atoms with Crippen LogP contribution in [0.5, 0.6) is 0 Å². The van der Waals surface area contributed by atoms with Gasteiger partial charge in [0.15, 0.2) is 0 Å². The van der Waals surface area contributed by atoms with Gasteiger partial charge in [0.25, 0.3) is 0 Å². The Morgan fingerprint density at radius 3 is 2.75 bits per heavy atom. The number of likely N-dealkylation sites (N-methyl/N-ethyl adjacent to an activating group) is 1. The Kier molecular flexibility index (Phi) is 4.26. The number of nitrogens with zero attached hydrogens (tertiary/aromatic N) is 1. The van der Waals surface area contributed by atoms with Crippen molar-refractivity contribution in [2.45, 2.75) is 18.4 Å². The van der Waals surface area contributed by atoms with E-state index in [-0.39, 0.29) is 6.54 Å². The molecule has 0 aliphatic rings. The van der Waals surface area contributed by atoms with Crippen molar-refractivity contribution in [3.05, 3.63) is 28.5 Å². The molecule has 1 heterocycles. The van der Waals surface area contributed by atoms with Crippen molar-refractivity contribution in [3.63, 3.8) is 0 Å². The van der Waals surface area contributed by atoms with Gasteiger partial charge in [-0.15, -0.1) is 17.9 Å². The van der Waals surface area contributed by atoms with Crippen LogP contribution in [0.15, 0.2) is 22.9 Å². The molecule has 0 atom stereocenters. The van der Waals surface area contributed by atoms with Crippen LogP contribution in [0.25, 0.3) is 0 Å². The van der Waals surface area contributed by atoms with Crippen LogP contribution in [-0.4, -0.2) is 26.3 Å². The van der Waals surface area contributed by atoms with Gasteiger partial charge in [0, 0.05) is 25.0 Å². The fourth-order valence-electron chi connectivity index (χ4n) is 1.41. The molecule has 0 aliphatic heterocycles. The first-order valence-corrected chi connectivity index (χ1v) is 7.11. The predicted molar refractivity (Wildman–Crippen MR) is 67.0 cm³/mol. The van der Waals surface area contributed by atoms with E-state index in [0.29, 0.717) is 16.3 Å². The molecule has 90 valence electrons. The number of thiophene rings is 1. The predicted octanol–water partition coefficient (Wildman–Crippen LogP) is 1.32. The van der Waals surface area contributed by atoms with Gasteiger partial charge in [-0.3, -0.25) is 0 Å². The maximum Gasteiger partial charge on any atom is 0.244 e. The summed E-state index contributed by atoms with van der Waals surface area (Å²) in [5.74, 6) is 0. The second-order valence-electron chi connectivity index (χ2n) is 3.45. The molecule has 0 saturated carbocycles. The summed E-state index contributed by atoms with van der Waals surface area (Å²) in [4.78, 5) is 1.05. The van der Waals surface area contributed by atoms with Crippen molar-refractivity contribution in [2.75, 3.05) is 13.6 Å². The lowest BCUT2D eigenvalue weighted by molar-refractivity contribution is 0.498. The summed E-state index contributed by atoms with van der Waals surface area (Å²) < 4.78 is 25.7. The number of rotatable bonds is 5. The second-order valence-corrected chi connectivity index (χ2v) is 6.40. The molecule has 0 fully saturated rings. The first-order chi connectivity index (χ1) is 7.45. The van der Waals surface area contributed by atoms with Crippen LogP contribution >= 0.6 is 11.3 Å². The molecule has 16 heavy (non-hydrogen) atoms. The summed E-state index contributed by atoms with van der Waals surface area (Å²) in [6.45, 7) is 5.85. The average molecular weight is 260 g/mol. The molecular formula is C10H16N2O2S2. The lowest BCUT2D eigenvalue weighted by Crippen LogP contribution is -2.28. The first-order valence-electron chi connectivity index (χ1n) is 4.79. The second kappa shape index (κ2) is 5.09. The highest BCUT2D eigenvalue weighted by Crippen LogP contribution is 2.28. The van der Waals surface area contributed by atoms with Gasteiger partial charge in [-0.1, -0.05) is 6.08 Å². The fraction of sp³-hybridized carbons (Fsp3) is 0.400. The summed E-state index contributed by atoms with van der Waals surface area (Å²) >= 11 is 1.38. The van der Waals surface area contributed by atoms with Gasteiger partial charge in [0.1, 0.15) is 4.90 Å². The van der Waals surface area contributed by atoms with E-state index in [9.17, 15) is 8.42 Å². The molecule has 6 heteroatoms. The monoisotopic (exact) mass is 260 g/mol. The highest BCUT2D eigenvalue weighted by atomic mass is 32.2. The quantitative estimate of drug-likeness (QED) is 0.812. The normalized spacial score (nSPS) is 12.0. The molecule has 0 unspecified atom stereocenters. The van der Waals surface area contributed by atoms with Crippen LogP contribution in [0.3, 0.4) is 0 Å². The minimum atomic E-state index is -3.44. The minimum Gasteiger partial charge on any atom is -0.326 e. The maximum atomic E-state index is 12.2. The maximum absolute atomic E-state index is 12.2. The van der Waals surface area contributed by atoms with E-state index in [1.807, 2.05) is 5.38 Å². The highest BCUT2D eigenvalue weighted by molar-refractivity contribution is 7.89. The molecule has 0 amide bonds. The van der Waals surface area contributed by atoms with Gasteiger partial charge in [0.2, 0.25) is 10.0 Å². The van der Waals surface area contributed by atoms with Gasteiger partial charge in [-0.2, -0.15) is 4.31 Å². The third kappa shape index (κ3) is 2.35. The van der Waals surface area contributed by atoms with Crippen LogP contribution < -0.4 is 5.73 Å². The first kappa shape index (κ1) is 13.4. The largest absolute Gasteiger partial charge is 0.326 e. The van der Waals surface area contributed by atoms with Crippen LogP contribution in [0.4, 0.5) is 0 Å². The van der Waals surface area contributed by atoms with Crippen molar-refractivity contribution in [1.29, 1.82) is 0 Å². The van der Waals surface area contributed by atoms with Gasteiger partial charge in [-0.25, -0.2) is 8.42 Å². The molecule has 1 aromatic rings. The van der Waals surface area contributed by atoms with Gasteiger partial charge in [0.05, 0.1) is 0 Å². The number of aryl methyl sites for hydroxylation is 1. The molecule has 0 bridgehead atoms. The molecule has 2 N–H and O–H groups in total. The van der Waals surface area contributed by atoms with Crippen molar-refractivity contribution in [1.82, 2.24) is 4.31 Å². The summed E-state index contributed by atoms with van der Waals surface area (Å²) in [6.07, 6.45) is 1.56. The number of hydrogen-bond donors (Lipinski definition) is 1. The Morgan fingerprint density at radius 1 is 1.62 bits per heavy atom. The molecule has 0 radical (unpaired) electrons. The fourth-order valence-corrected chi connectivity index (χ4v) is 4.20. The highest BCUT2D eigenvalue weighted by Gasteiger charge is 2.25. The van der Waals surface area contributed by atoms with Crippen molar-refractivity contribution in [2.24, 2.45) is 5.73 Å². The Morgan fingerprint density at radius 2 is 2.25 bits per heavy atom. The Labute approximate surface area is 100 Å². The number of nitrogens with two attached hydrogens (primary N) is 1. The van der Waals surface area contributed by atoms with E-state index in [1.54, 1.807) is 13.0 Å². The van der Waals surface area contributed by atoms with Crippen molar-refractivity contribution < 1.29 is 8.42 Å². The van der Waals surface area contributed by atoms with E-state index in [4.69, 9.17) is 5.73 Å². The molecule has 4 nitrogen and oxygen atoms in total. The summed E-state index contributed by atoms with van der Waals surface area (Å²) in [5, 5.41) is 1.82. The van der Waals surface area contributed by atoms with E-state index in [2.05, 4.69) is 6.58 Å². The van der Waals surface area contributed by atoms with Crippen molar-refractivity contribution >= 4 is 21.4 Å². The number of sulfonamides is 1. The van der Waals surface area contributed by atoms with Crippen molar-refractivity contribution in [3.8, 4) is 0 Å². The van der Waals surface area contributed by atoms with E-state index < -0.39 is 10.0 Å². The lowest BCUT2D eigenvalue weighted by Gasteiger charge is -2.16. The van der Waals surface area contributed by atoms with E-state index >= 15 is 0 Å². The zero-order chi connectivity index (χ0) is 12.3. The summed E-state index contributed by atoms with van der Waals surface area (Å²) in [5.41, 5.74) is 6.29. The Balaban J connectivity index is 3.26. The summed E-state index contributed by atoms with van der Waals surface area (Å²) in [7, 11) is -1.90. The topological polar surface area (TPSA) is 63.4 Å².